The molecule has 0 aromatic heterocycles. The van der Waals surface area contributed by atoms with Crippen LogP contribution in [-0.2, 0) is 9.84 Å². The number of anilines is 1. The van der Waals surface area contributed by atoms with E-state index in [-0.39, 0.29) is 18.4 Å². The third-order valence-corrected chi connectivity index (χ3v) is 5.24. The molecule has 0 radical (unpaired) electrons. The first-order valence-electron chi connectivity index (χ1n) is 5.54. The van der Waals surface area contributed by atoms with Gasteiger partial charge in [0.1, 0.15) is 0 Å². The fourth-order valence-corrected chi connectivity index (χ4v) is 4.49. The molecule has 1 aliphatic heterocycles. The summed E-state index contributed by atoms with van der Waals surface area (Å²) in [5.74, 6) is -0.0170. The topological polar surface area (TPSA) is 57.6 Å². The van der Waals surface area contributed by atoms with Crippen molar-refractivity contribution in [1.29, 1.82) is 0 Å². The molecule has 0 amide bonds. The summed E-state index contributed by atoms with van der Waals surface area (Å²) in [5, 5.41) is 9.25. The molecule has 1 heterocycles. The maximum absolute atomic E-state index is 12.2. The van der Waals surface area contributed by atoms with Crippen LogP contribution in [0.3, 0.4) is 0 Å². The lowest BCUT2D eigenvalue weighted by Crippen LogP contribution is -2.45. The van der Waals surface area contributed by atoms with Gasteiger partial charge >= 0.3 is 0 Å². The molecule has 0 saturated carbocycles. The molecule has 0 saturated heterocycles. The molecule has 1 aliphatic rings. The Balaban J connectivity index is 2.72. The zero-order chi connectivity index (χ0) is 12.8. The Kier molecular flexibility index (Phi) is 2.91. The van der Waals surface area contributed by atoms with E-state index in [0.717, 1.165) is 11.1 Å². The second-order valence-electron chi connectivity index (χ2n) is 4.66. The molecule has 0 bridgehead atoms. The third kappa shape index (κ3) is 1.93. The van der Waals surface area contributed by atoms with E-state index in [0.29, 0.717) is 10.6 Å². The fraction of sp³-hybridized carbons (Fsp3) is 0.500. The summed E-state index contributed by atoms with van der Waals surface area (Å²) in [4.78, 5) is 2.27. The third-order valence-electron chi connectivity index (χ3n) is 3.26. The van der Waals surface area contributed by atoms with Gasteiger partial charge in [0.05, 0.1) is 29.0 Å². The van der Waals surface area contributed by atoms with Crippen LogP contribution in [0.5, 0.6) is 0 Å². The molecule has 0 fully saturated rings. The van der Waals surface area contributed by atoms with Gasteiger partial charge in [-0.25, -0.2) is 8.42 Å². The van der Waals surface area contributed by atoms with Gasteiger partial charge in [-0.1, -0.05) is 6.07 Å². The molecule has 94 valence electrons. The van der Waals surface area contributed by atoms with Crippen molar-refractivity contribution in [2.45, 2.75) is 24.8 Å². The standard InChI is InChI=1S/C12H17NO3S/c1-8-4-9(2)12-11(5-8)13(3)10(6-14)7-17(12,15)16/h4-5,10,14H,6-7H2,1-3H3. The average Bonchev–Trinajstić information content (AvgIpc) is 2.21. The van der Waals surface area contributed by atoms with E-state index in [4.69, 9.17) is 0 Å². The maximum Gasteiger partial charge on any atom is 0.182 e. The molecule has 1 unspecified atom stereocenters. The minimum Gasteiger partial charge on any atom is -0.394 e. The minimum atomic E-state index is -3.29. The molecule has 4 nitrogen and oxygen atoms in total. The van der Waals surface area contributed by atoms with Gasteiger partial charge in [0.15, 0.2) is 9.84 Å². The number of fused-ring (bicyclic) bond motifs is 1. The lowest BCUT2D eigenvalue weighted by Gasteiger charge is -2.35. The molecule has 1 aromatic carbocycles. The Morgan fingerprint density at radius 3 is 2.65 bits per heavy atom. The molecule has 5 heteroatoms. The summed E-state index contributed by atoms with van der Waals surface area (Å²) in [5.41, 5.74) is 2.51. The van der Waals surface area contributed by atoms with Crippen LogP contribution in [-0.4, -0.2) is 39.0 Å². The molecule has 0 spiro atoms. The molecule has 1 N–H and O–H groups in total. The summed E-state index contributed by atoms with van der Waals surface area (Å²) in [6.45, 7) is 3.61. The molecule has 1 aromatic rings. The van der Waals surface area contributed by atoms with E-state index >= 15 is 0 Å². The highest BCUT2D eigenvalue weighted by atomic mass is 32.2. The highest BCUT2D eigenvalue weighted by Gasteiger charge is 2.34. The Morgan fingerprint density at radius 1 is 1.41 bits per heavy atom. The van der Waals surface area contributed by atoms with Crippen LogP contribution in [0.1, 0.15) is 11.1 Å². The Bertz CT molecular complexity index is 551. The largest absolute Gasteiger partial charge is 0.394 e. The van der Waals surface area contributed by atoms with Crippen LogP contribution in [0.25, 0.3) is 0 Å². The Hall–Kier alpha value is -1.07. The molecule has 0 aliphatic carbocycles. The smallest absolute Gasteiger partial charge is 0.182 e. The normalized spacial score (nSPS) is 22.4. The fourth-order valence-electron chi connectivity index (χ4n) is 2.42. The second kappa shape index (κ2) is 3.99. The van der Waals surface area contributed by atoms with Crippen LogP contribution in [0.15, 0.2) is 17.0 Å². The summed E-state index contributed by atoms with van der Waals surface area (Å²) >= 11 is 0. The lowest BCUT2D eigenvalue weighted by atomic mass is 10.1. The van der Waals surface area contributed by atoms with E-state index < -0.39 is 9.84 Å². The van der Waals surface area contributed by atoms with Crippen LogP contribution in [0.4, 0.5) is 5.69 Å². The number of nitrogens with zero attached hydrogens (tertiary/aromatic N) is 1. The van der Waals surface area contributed by atoms with Crippen molar-refractivity contribution in [3.8, 4) is 0 Å². The van der Waals surface area contributed by atoms with Gasteiger partial charge in [-0.05, 0) is 31.0 Å². The predicted molar refractivity (Wildman–Crippen MR) is 67.2 cm³/mol. The number of aryl methyl sites for hydroxylation is 2. The summed E-state index contributed by atoms with van der Waals surface area (Å²) in [6, 6.07) is 3.39. The predicted octanol–water partition coefficient (Wildman–Crippen LogP) is 0.888. The number of rotatable bonds is 1. The van der Waals surface area contributed by atoms with E-state index in [2.05, 4.69) is 0 Å². The number of aliphatic hydroxyl groups is 1. The monoisotopic (exact) mass is 255 g/mol. The first-order valence-corrected chi connectivity index (χ1v) is 7.19. The van der Waals surface area contributed by atoms with Crippen LogP contribution in [0.2, 0.25) is 0 Å². The van der Waals surface area contributed by atoms with Crippen molar-refractivity contribution < 1.29 is 13.5 Å². The van der Waals surface area contributed by atoms with Gasteiger partial charge in [-0.3, -0.25) is 0 Å². The van der Waals surface area contributed by atoms with Crippen molar-refractivity contribution in [2.75, 3.05) is 24.3 Å². The van der Waals surface area contributed by atoms with Gasteiger partial charge in [0.2, 0.25) is 0 Å². The summed E-state index contributed by atoms with van der Waals surface area (Å²) in [7, 11) is -1.46. The second-order valence-corrected chi connectivity index (χ2v) is 6.63. The lowest BCUT2D eigenvalue weighted by molar-refractivity contribution is 0.269. The number of hydrogen-bond acceptors (Lipinski definition) is 4. The highest BCUT2D eigenvalue weighted by molar-refractivity contribution is 7.91. The van der Waals surface area contributed by atoms with Crippen molar-refractivity contribution in [2.24, 2.45) is 0 Å². The SMILES string of the molecule is Cc1cc(C)c2c(c1)N(C)C(CO)CS2(=O)=O. The number of likely N-dealkylation sites (N-methyl/N-ethyl adjacent to an activating group) is 1. The number of benzene rings is 1. The molecule has 17 heavy (non-hydrogen) atoms. The Labute approximate surface area is 102 Å². The minimum absolute atomic E-state index is 0.0170. The van der Waals surface area contributed by atoms with Crippen LogP contribution >= 0.6 is 0 Å². The van der Waals surface area contributed by atoms with E-state index in [1.807, 2.05) is 37.9 Å². The van der Waals surface area contributed by atoms with Crippen LogP contribution in [0, 0.1) is 13.8 Å². The quantitative estimate of drug-likeness (QED) is 0.809. The van der Waals surface area contributed by atoms with Gasteiger partial charge in [0, 0.05) is 7.05 Å². The number of hydrogen-bond donors (Lipinski definition) is 1. The van der Waals surface area contributed by atoms with Gasteiger partial charge < -0.3 is 10.0 Å². The van der Waals surface area contributed by atoms with Gasteiger partial charge in [-0.2, -0.15) is 0 Å². The average molecular weight is 255 g/mol. The zero-order valence-electron chi connectivity index (χ0n) is 10.3. The molecule has 2 rings (SSSR count). The van der Waals surface area contributed by atoms with E-state index in [1.165, 1.54) is 0 Å². The number of aliphatic hydroxyl groups excluding tert-OH is 1. The zero-order valence-corrected chi connectivity index (χ0v) is 11.1. The van der Waals surface area contributed by atoms with Crippen molar-refractivity contribution >= 4 is 15.5 Å². The van der Waals surface area contributed by atoms with Gasteiger partial charge in [-0.15, -0.1) is 0 Å². The highest BCUT2D eigenvalue weighted by Crippen LogP contribution is 2.35. The number of sulfone groups is 1. The summed E-state index contributed by atoms with van der Waals surface area (Å²) < 4.78 is 24.4. The summed E-state index contributed by atoms with van der Waals surface area (Å²) in [6.07, 6.45) is 0. The van der Waals surface area contributed by atoms with Gasteiger partial charge in [0.25, 0.3) is 0 Å². The van der Waals surface area contributed by atoms with Crippen molar-refractivity contribution in [3.05, 3.63) is 23.3 Å². The van der Waals surface area contributed by atoms with E-state index in [9.17, 15) is 13.5 Å². The van der Waals surface area contributed by atoms with Crippen molar-refractivity contribution in [1.82, 2.24) is 0 Å². The molecular formula is C12H17NO3S. The van der Waals surface area contributed by atoms with E-state index in [1.54, 1.807) is 0 Å². The van der Waals surface area contributed by atoms with Crippen LogP contribution < -0.4 is 4.90 Å². The first kappa shape index (κ1) is 12.4. The Morgan fingerprint density at radius 2 is 2.06 bits per heavy atom. The van der Waals surface area contributed by atoms with Crippen molar-refractivity contribution in [3.63, 3.8) is 0 Å². The first-order chi connectivity index (χ1) is 7.86. The molecular weight excluding hydrogens is 238 g/mol. The maximum atomic E-state index is 12.2. The molecule has 1 atom stereocenters.